The van der Waals surface area contributed by atoms with E-state index in [1.165, 1.54) is 0 Å². The Balaban J connectivity index is 2.66. The standard InChI is InChI=1S/C10H12ClNO2/c1-7-3-4-9(11)5-10(7)14-6-8(2)12-13/h3-5,8H,6H2,1-2H3. The normalized spacial score (nSPS) is 12.2. The molecule has 1 aromatic rings. The van der Waals surface area contributed by atoms with E-state index >= 15 is 0 Å². The molecule has 0 fully saturated rings. The van der Waals surface area contributed by atoms with Gasteiger partial charge in [-0.05, 0) is 31.5 Å². The highest BCUT2D eigenvalue weighted by Gasteiger charge is 2.04. The van der Waals surface area contributed by atoms with Crippen LogP contribution >= 0.6 is 11.6 Å². The SMILES string of the molecule is Cc1ccc(Cl)cc1OCC(C)N=O. The summed E-state index contributed by atoms with van der Waals surface area (Å²) in [6, 6.07) is 5.06. The van der Waals surface area contributed by atoms with Crippen LogP contribution in [0, 0.1) is 11.8 Å². The summed E-state index contributed by atoms with van der Waals surface area (Å²) in [6.07, 6.45) is 0. The van der Waals surface area contributed by atoms with Crippen LogP contribution in [0.1, 0.15) is 12.5 Å². The number of rotatable bonds is 4. The Morgan fingerprint density at radius 2 is 2.29 bits per heavy atom. The van der Waals surface area contributed by atoms with E-state index in [1.54, 1.807) is 19.1 Å². The van der Waals surface area contributed by atoms with Gasteiger partial charge in [0.1, 0.15) is 18.4 Å². The number of hydrogen-bond acceptors (Lipinski definition) is 3. The first-order valence-electron chi connectivity index (χ1n) is 4.35. The van der Waals surface area contributed by atoms with Crippen molar-refractivity contribution in [1.82, 2.24) is 0 Å². The van der Waals surface area contributed by atoms with Crippen LogP contribution in [0.5, 0.6) is 5.75 Å². The monoisotopic (exact) mass is 213 g/mol. The lowest BCUT2D eigenvalue weighted by atomic mass is 10.2. The van der Waals surface area contributed by atoms with Gasteiger partial charge in [-0.3, -0.25) is 0 Å². The fourth-order valence-corrected chi connectivity index (χ4v) is 1.13. The Hall–Kier alpha value is -1.09. The van der Waals surface area contributed by atoms with Crippen LogP contribution in [0.4, 0.5) is 0 Å². The average Bonchev–Trinajstić information content (AvgIpc) is 2.19. The van der Waals surface area contributed by atoms with E-state index in [0.717, 1.165) is 5.56 Å². The molecule has 0 amide bonds. The van der Waals surface area contributed by atoms with Crippen LogP contribution in [0.15, 0.2) is 23.4 Å². The molecule has 0 radical (unpaired) electrons. The second-order valence-electron chi connectivity index (χ2n) is 3.18. The minimum Gasteiger partial charge on any atom is -0.491 e. The fourth-order valence-electron chi connectivity index (χ4n) is 0.970. The predicted octanol–water partition coefficient (Wildman–Crippen LogP) is 3.18. The van der Waals surface area contributed by atoms with E-state index < -0.39 is 0 Å². The van der Waals surface area contributed by atoms with Gasteiger partial charge < -0.3 is 4.74 Å². The quantitative estimate of drug-likeness (QED) is 0.721. The van der Waals surface area contributed by atoms with Crippen molar-refractivity contribution in [2.45, 2.75) is 19.9 Å². The number of benzene rings is 1. The number of nitrogens with zero attached hydrogens (tertiary/aromatic N) is 1. The molecular weight excluding hydrogens is 202 g/mol. The van der Waals surface area contributed by atoms with E-state index in [1.807, 2.05) is 13.0 Å². The molecule has 0 aliphatic rings. The lowest BCUT2D eigenvalue weighted by Crippen LogP contribution is -2.11. The van der Waals surface area contributed by atoms with Gasteiger partial charge in [0.2, 0.25) is 0 Å². The second-order valence-corrected chi connectivity index (χ2v) is 3.61. The summed E-state index contributed by atoms with van der Waals surface area (Å²) in [6.45, 7) is 3.90. The van der Waals surface area contributed by atoms with E-state index in [-0.39, 0.29) is 12.6 Å². The largest absolute Gasteiger partial charge is 0.491 e. The van der Waals surface area contributed by atoms with Gasteiger partial charge in [0, 0.05) is 5.02 Å². The number of nitroso groups, excluding NO2 is 1. The summed E-state index contributed by atoms with van der Waals surface area (Å²) >= 11 is 5.80. The van der Waals surface area contributed by atoms with Gasteiger partial charge in [-0.2, -0.15) is 4.91 Å². The van der Waals surface area contributed by atoms with Gasteiger partial charge in [-0.25, -0.2) is 0 Å². The maximum Gasteiger partial charge on any atom is 0.123 e. The van der Waals surface area contributed by atoms with Crippen molar-refractivity contribution >= 4 is 11.6 Å². The van der Waals surface area contributed by atoms with Crippen molar-refractivity contribution in [2.24, 2.45) is 5.18 Å². The van der Waals surface area contributed by atoms with E-state index in [9.17, 15) is 4.91 Å². The molecule has 1 unspecified atom stereocenters. The topological polar surface area (TPSA) is 38.7 Å². The minimum atomic E-state index is -0.339. The molecule has 14 heavy (non-hydrogen) atoms. The molecule has 0 saturated carbocycles. The molecule has 76 valence electrons. The molecule has 1 aromatic carbocycles. The van der Waals surface area contributed by atoms with Gasteiger partial charge in [-0.1, -0.05) is 22.8 Å². The molecule has 0 spiro atoms. The number of ether oxygens (including phenoxy) is 1. The molecule has 0 aliphatic carbocycles. The van der Waals surface area contributed by atoms with Gasteiger partial charge in [0.05, 0.1) is 0 Å². The molecule has 1 atom stereocenters. The van der Waals surface area contributed by atoms with Crippen molar-refractivity contribution < 1.29 is 4.74 Å². The molecular formula is C10H12ClNO2. The van der Waals surface area contributed by atoms with Crippen LogP contribution in [-0.2, 0) is 0 Å². The summed E-state index contributed by atoms with van der Waals surface area (Å²) in [4.78, 5) is 10.1. The third kappa shape index (κ3) is 3.00. The number of hydrogen-bond donors (Lipinski definition) is 0. The van der Waals surface area contributed by atoms with Crippen molar-refractivity contribution in [3.05, 3.63) is 33.7 Å². The zero-order chi connectivity index (χ0) is 10.6. The molecule has 0 bridgehead atoms. The maximum absolute atomic E-state index is 10.1. The van der Waals surface area contributed by atoms with E-state index in [0.29, 0.717) is 10.8 Å². The Bertz CT molecular complexity index is 328. The summed E-state index contributed by atoms with van der Waals surface area (Å²) in [5.74, 6) is 0.702. The van der Waals surface area contributed by atoms with Gasteiger partial charge in [0.15, 0.2) is 0 Å². The highest BCUT2D eigenvalue weighted by Crippen LogP contribution is 2.22. The summed E-state index contributed by atoms with van der Waals surface area (Å²) in [5, 5.41) is 3.47. The summed E-state index contributed by atoms with van der Waals surface area (Å²) in [7, 11) is 0. The lowest BCUT2D eigenvalue weighted by Gasteiger charge is -2.09. The Kier molecular flexibility index (Phi) is 3.89. The number of halogens is 1. The second kappa shape index (κ2) is 4.96. The molecule has 1 rings (SSSR count). The average molecular weight is 214 g/mol. The van der Waals surface area contributed by atoms with Crippen LogP contribution in [0.2, 0.25) is 5.02 Å². The molecule has 4 heteroatoms. The van der Waals surface area contributed by atoms with Crippen molar-refractivity contribution in [3.8, 4) is 5.75 Å². The summed E-state index contributed by atoms with van der Waals surface area (Å²) in [5.41, 5.74) is 0.993. The highest BCUT2D eigenvalue weighted by molar-refractivity contribution is 6.30. The molecule has 0 N–H and O–H groups in total. The Labute approximate surface area is 88.0 Å². The molecule has 0 saturated heterocycles. The van der Waals surface area contributed by atoms with Crippen LogP contribution in [-0.4, -0.2) is 12.6 Å². The maximum atomic E-state index is 10.1. The van der Waals surface area contributed by atoms with Gasteiger partial charge in [-0.15, -0.1) is 0 Å². The molecule has 0 aromatic heterocycles. The number of aryl methyl sites for hydroxylation is 1. The zero-order valence-corrected chi connectivity index (χ0v) is 8.91. The molecule has 0 aliphatic heterocycles. The van der Waals surface area contributed by atoms with E-state index in [2.05, 4.69) is 5.18 Å². The zero-order valence-electron chi connectivity index (χ0n) is 8.16. The van der Waals surface area contributed by atoms with Gasteiger partial charge >= 0.3 is 0 Å². The first-order chi connectivity index (χ1) is 6.63. The van der Waals surface area contributed by atoms with Crippen LogP contribution < -0.4 is 4.74 Å². The lowest BCUT2D eigenvalue weighted by molar-refractivity contribution is 0.294. The van der Waals surface area contributed by atoms with Crippen molar-refractivity contribution in [3.63, 3.8) is 0 Å². The Morgan fingerprint density at radius 1 is 1.57 bits per heavy atom. The highest BCUT2D eigenvalue weighted by atomic mass is 35.5. The third-order valence-corrected chi connectivity index (χ3v) is 2.05. The smallest absolute Gasteiger partial charge is 0.123 e. The van der Waals surface area contributed by atoms with Crippen LogP contribution in [0.25, 0.3) is 0 Å². The Morgan fingerprint density at radius 3 is 2.93 bits per heavy atom. The van der Waals surface area contributed by atoms with Gasteiger partial charge in [0.25, 0.3) is 0 Å². The van der Waals surface area contributed by atoms with Crippen molar-refractivity contribution in [2.75, 3.05) is 6.61 Å². The first kappa shape index (κ1) is 11.0. The van der Waals surface area contributed by atoms with E-state index in [4.69, 9.17) is 16.3 Å². The third-order valence-electron chi connectivity index (χ3n) is 1.81. The fraction of sp³-hybridized carbons (Fsp3) is 0.400. The predicted molar refractivity (Wildman–Crippen MR) is 56.9 cm³/mol. The first-order valence-corrected chi connectivity index (χ1v) is 4.72. The van der Waals surface area contributed by atoms with Crippen LogP contribution in [0.3, 0.4) is 0 Å². The molecule has 0 heterocycles. The molecule has 3 nitrogen and oxygen atoms in total. The summed E-state index contributed by atoms with van der Waals surface area (Å²) < 4.78 is 5.39. The minimum absolute atomic E-state index is 0.282. The van der Waals surface area contributed by atoms with Crippen molar-refractivity contribution in [1.29, 1.82) is 0 Å².